The van der Waals surface area contributed by atoms with Crippen molar-refractivity contribution >= 4 is 22.9 Å². The van der Waals surface area contributed by atoms with E-state index < -0.39 is 0 Å². The molecule has 1 aromatic heterocycles. The molecule has 0 saturated heterocycles. The number of carbonyl (C=O) groups is 2. The molecular formula is C17H21N3O3. The summed E-state index contributed by atoms with van der Waals surface area (Å²) in [6.07, 6.45) is 2.22. The third-order valence-corrected chi connectivity index (χ3v) is 4.39. The summed E-state index contributed by atoms with van der Waals surface area (Å²) in [4.78, 5) is 27.8. The van der Waals surface area contributed by atoms with Gasteiger partial charge in [-0.3, -0.25) is 9.59 Å². The number of aromatic nitrogens is 2. The number of para-hydroxylation sites is 2. The van der Waals surface area contributed by atoms with Gasteiger partial charge in [0.25, 0.3) is 0 Å². The standard InChI is InChI=1S/C17H21N3O3/c1-20-14-7-4-3-6-13(14)19-15(20)8-5-9-18-16(21)11-10-12(11)17(22)23-2/h3-4,6-7,11-12H,5,8-10H2,1-2H3,(H,18,21)/t11-,12-/m1/s1. The van der Waals surface area contributed by atoms with E-state index in [1.54, 1.807) is 0 Å². The highest BCUT2D eigenvalue weighted by molar-refractivity contribution is 5.90. The number of fused-ring (bicyclic) bond motifs is 1. The van der Waals surface area contributed by atoms with E-state index in [9.17, 15) is 9.59 Å². The number of ether oxygens (including phenoxy) is 1. The topological polar surface area (TPSA) is 73.2 Å². The number of methoxy groups -OCH3 is 1. The van der Waals surface area contributed by atoms with Crippen molar-refractivity contribution in [3.8, 4) is 0 Å². The van der Waals surface area contributed by atoms with E-state index in [1.165, 1.54) is 7.11 Å². The maximum Gasteiger partial charge on any atom is 0.309 e. The lowest BCUT2D eigenvalue weighted by Gasteiger charge is -2.05. The molecule has 1 aromatic carbocycles. The van der Waals surface area contributed by atoms with E-state index in [2.05, 4.69) is 19.6 Å². The van der Waals surface area contributed by atoms with Gasteiger partial charge in [-0.1, -0.05) is 12.1 Å². The predicted molar refractivity (Wildman–Crippen MR) is 85.7 cm³/mol. The molecule has 6 nitrogen and oxygen atoms in total. The van der Waals surface area contributed by atoms with Gasteiger partial charge in [-0.15, -0.1) is 0 Å². The summed E-state index contributed by atoms with van der Waals surface area (Å²) < 4.78 is 6.74. The Morgan fingerprint density at radius 1 is 1.35 bits per heavy atom. The lowest BCUT2D eigenvalue weighted by atomic mass is 10.2. The summed E-state index contributed by atoms with van der Waals surface area (Å²) in [5.41, 5.74) is 2.11. The monoisotopic (exact) mass is 315 g/mol. The first kappa shape index (κ1) is 15.5. The summed E-state index contributed by atoms with van der Waals surface area (Å²) in [6, 6.07) is 8.03. The van der Waals surface area contributed by atoms with Gasteiger partial charge in [0.2, 0.25) is 5.91 Å². The second-order valence-corrected chi connectivity index (χ2v) is 5.94. The normalized spacial score (nSPS) is 19.6. The number of hydrogen-bond acceptors (Lipinski definition) is 4. The van der Waals surface area contributed by atoms with Gasteiger partial charge in [0, 0.05) is 20.0 Å². The molecule has 1 aliphatic carbocycles. The quantitative estimate of drug-likeness (QED) is 0.646. The number of nitrogens with zero attached hydrogens (tertiary/aromatic N) is 2. The average molecular weight is 315 g/mol. The average Bonchev–Trinajstić information content (AvgIpc) is 3.31. The minimum absolute atomic E-state index is 0.0506. The van der Waals surface area contributed by atoms with Crippen LogP contribution in [0.3, 0.4) is 0 Å². The minimum atomic E-state index is -0.287. The summed E-state index contributed by atoms with van der Waals surface area (Å²) in [5.74, 6) is 0.215. The molecular weight excluding hydrogens is 294 g/mol. The van der Waals surface area contributed by atoms with Gasteiger partial charge in [-0.05, 0) is 25.0 Å². The highest BCUT2D eigenvalue weighted by Crippen LogP contribution is 2.39. The lowest BCUT2D eigenvalue weighted by molar-refractivity contribution is -0.143. The fourth-order valence-corrected chi connectivity index (χ4v) is 2.90. The third kappa shape index (κ3) is 3.21. The number of benzene rings is 1. The van der Waals surface area contributed by atoms with E-state index >= 15 is 0 Å². The number of aryl methyl sites for hydroxylation is 2. The highest BCUT2D eigenvalue weighted by atomic mass is 16.5. The smallest absolute Gasteiger partial charge is 0.309 e. The Hall–Kier alpha value is -2.37. The molecule has 1 amide bonds. The zero-order valence-corrected chi connectivity index (χ0v) is 13.4. The molecule has 1 heterocycles. The Bertz CT molecular complexity index is 738. The number of amides is 1. The molecule has 1 saturated carbocycles. The predicted octanol–water partition coefficient (Wildman–Crippen LogP) is 1.43. The van der Waals surface area contributed by atoms with Crippen molar-refractivity contribution in [2.24, 2.45) is 18.9 Å². The lowest BCUT2D eigenvalue weighted by Crippen LogP contribution is -2.27. The zero-order valence-electron chi connectivity index (χ0n) is 13.4. The molecule has 0 spiro atoms. The summed E-state index contributed by atoms with van der Waals surface area (Å²) in [7, 11) is 3.36. The molecule has 1 aliphatic rings. The zero-order chi connectivity index (χ0) is 16.4. The van der Waals surface area contributed by atoms with Crippen LogP contribution >= 0.6 is 0 Å². The van der Waals surface area contributed by atoms with Crippen molar-refractivity contribution in [1.29, 1.82) is 0 Å². The molecule has 2 aromatic rings. The van der Waals surface area contributed by atoms with E-state index in [0.29, 0.717) is 13.0 Å². The Labute approximate surface area is 134 Å². The third-order valence-electron chi connectivity index (χ3n) is 4.39. The minimum Gasteiger partial charge on any atom is -0.469 e. The van der Waals surface area contributed by atoms with Gasteiger partial charge < -0.3 is 14.6 Å². The molecule has 0 unspecified atom stereocenters. The first-order chi connectivity index (χ1) is 11.1. The SMILES string of the molecule is COC(=O)[C@@H]1C[C@H]1C(=O)NCCCc1nc2ccccc2n1C. The molecule has 122 valence electrons. The largest absolute Gasteiger partial charge is 0.469 e. The van der Waals surface area contributed by atoms with Crippen LogP contribution in [0.4, 0.5) is 0 Å². The summed E-state index contributed by atoms with van der Waals surface area (Å²) in [6.45, 7) is 0.590. The fourth-order valence-electron chi connectivity index (χ4n) is 2.90. The molecule has 2 atom stereocenters. The summed E-state index contributed by atoms with van der Waals surface area (Å²) in [5, 5.41) is 2.89. The van der Waals surface area contributed by atoms with Gasteiger partial charge in [0.1, 0.15) is 5.82 Å². The van der Waals surface area contributed by atoms with E-state index in [0.717, 1.165) is 29.7 Å². The number of imidazole rings is 1. The Balaban J connectivity index is 1.46. The maximum absolute atomic E-state index is 11.9. The van der Waals surface area contributed by atoms with Gasteiger partial charge in [0.05, 0.1) is 30.0 Å². The van der Waals surface area contributed by atoms with Crippen LogP contribution in [0, 0.1) is 11.8 Å². The van der Waals surface area contributed by atoms with Gasteiger partial charge in [-0.2, -0.15) is 0 Å². The van der Waals surface area contributed by atoms with Crippen molar-refractivity contribution in [3.63, 3.8) is 0 Å². The Morgan fingerprint density at radius 2 is 2.13 bits per heavy atom. The molecule has 0 radical (unpaired) electrons. The van der Waals surface area contributed by atoms with Crippen LogP contribution in [0.5, 0.6) is 0 Å². The van der Waals surface area contributed by atoms with E-state index in [4.69, 9.17) is 0 Å². The number of esters is 1. The molecule has 6 heteroatoms. The molecule has 1 N–H and O–H groups in total. The van der Waals surface area contributed by atoms with Crippen molar-refractivity contribution in [3.05, 3.63) is 30.1 Å². The van der Waals surface area contributed by atoms with Crippen LogP contribution in [-0.2, 0) is 27.8 Å². The van der Waals surface area contributed by atoms with E-state index in [1.807, 2.05) is 31.3 Å². The molecule has 0 bridgehead atoms. The van der Waals surface area contributed by atoms with Crippen molar-refractivity contribution in [1.82, 2.24) is 14.9 Å². The van der Waals surface area contributed by atoms with Crippen molar-refractivity contribution in [2.75, 3.05) is 13.7 Å². The van der Waals surface area contributed by atoms with Crippen molar-refractivity contribution in [2.45, 2.75) is 19.3 Å². The van der Waals surface area contributed by atoms with Crippen LogP contribution < -0.4 is 5.32 Å². The van der Waals surface area contributed by atoms with Crippen LogP contribution in [-0.4, -0.2) is 35.1 Å². The first-order valence-electron chi connectivity index (χ1n) is 7.87. The van der Waals surface area contributed by atoms with Gasteiger partial charge in [-0.25, -0.2) is 4.98 Å². The van der Waals surface area contributed by atoms with Crippen LogP contribution in [0.15, 0.2) is 24.3 Å². The maximum atomic E-state index is 11.9. The first-order valence-corrected chi connectivity index (χ1v) is 7.87. The summed E-state index contributed by atoms with van der Waals surface area (Å²) >= 11 is 0. The molecule has 1 fully saturated rings. The number of rotatable bonds is 6. The number of carbonyl (C=O) groups excluding carboxylic acids is 2. The highest BCUT2D eigenvalue weighted by Gasteiger charge is 2.48. The molecule has 3 rings (SSSR count). The second kappa shape index (κ2) is 6.40. The van der Waals surface area contributed by atoms with E-state index in [-0.39, 0.29) is 23.7 Å². The van der Waals surface area contributed by atoms with Crippen LogP contribution in [0.25, 0.3) is 11.0 Å². The number of nitrogens with one attached hydrogen (secondary N) is 1. The number of hydrogen-bond donors (Lipinski definition) is 1. The van der Waals surface area contributed by atoms with Gasteiger partial charge in [0.15, 0.2) is 0 Å². The Kier molecular flexibility index (Phi) is 4.32. The second-order valence-electron chi connectivity index (χ2n) is 5.94. The molecule has 0 aliphatic heterocycles. The molecule has 23 heavy (non-hydrogen) atoms. The van der Waals surface area contributed by atoms with Crippen LogP contribution in [0.1, 0.15) is 18.7 Å². The Morgan fingerprint density at radius 3 is 2.87 bits per heavy atom. The fraction of sp³-hybridized carbons (Fsp3) is 0.471. The van der Waals surface area contributed by atoms with Gasteiger partial charge >= 0.3 is 5.97 Å². The van der Waals surface area contributed by atoms with Crippen molar-refractivity contribution < 1.29 is 14.3 Å². The van der Waals surface area contributed by atoms with Crippen LogP contribution in [0.2, 0.25) is 0 Å².